The molecule has 0 saturated heterocycles. The second kappa shape index (κ2) is 6.40. The van der Waals surface area contributed by atoms with Crippen LogP contribution in [0.3, 0.4) is 0 Å². The third kappa shape index (κ3) is 3.47. The molecule has 4 heteroatoms. The van der Waals surface area contributed by atoms with E-state index < -0.39 is 6.04 Å². The van der Waals surface area contributed by atoms with E-state index in [1.807, 2.05) is 39.0 Å². The summed E-state index contributed by atoms with van der Waals surface area (Å²) in [5.74, 6) is 0.645. The highest BCUT2D eigenvalue weighted by Crippen LogP contribution is 2.26. The van der Waals surface area contributed by atoms with E-state index in [2.05, 4.69) is 5.32 Å². The summed E-state index contributed by atoms with van der Waals surface area (Å²) >= 11 is 0. The van der Waals surface area contributed by atoms with Crippen LogP contribution in [-0.2, 0) is 4.79 Å². The Balaban J connectivity index is 2.86. The number of carbonyl (C=O) groups excluding carboxylic acids is 1. The highest BCUT2D eigenvalue weighted by molar-refractivity contribution is 5.81. The Morgan fingerprint density at radius 1 is 1.50 bits per heavy atom. The van der Waals surface area contributed by atoms with Crippen LogP contribution in [0.2, 0.25) is 0 Å². The smallest absolute Gasteiger partial charge is 0.237 e. The summed E-state index contributed by atoms with van der Waals surface area (Å²) in [6.45, 7) is 5.83. The molecule has 1 amide bonds. The van der Waals surface area contributed by atoms with Crippen LogP contribution in [0, 0.1) is 6.92 Å². The molecule has 4 nitrogen and oxygen atoms in total. The highest BCUT2D eigenvalue weighted by atomic mass is 16.5. The first-order valence-corrected chi connectivity index (χ1v) is 6.20. The van der Waals surface area contributed by atoms with Gasteiger partial charge in [-0.3, -0.25) is 4.79 Å². The van der Waals surface area contributed by atoms with E-state index in [9.17, 15) is 4.79 Å². The Morgan fingerprint density at radius 2 is 2.17 bits per heavy atom. The van der Waals surface area contributed by atoms with E-state index in [1.54, 1.807) is 7.11 Å². The maximum absolute atomic E-state index is 11.8. The van der Waals surface area contributed by atoms with Crippen LogP contribution in [0.1, 0.15) is 37.4 Å². The molecule has 0 aromatic heterocycles. The maximum Gasteiger partial charge on any atom is 0.237 e. The highest BCUT2D eigenvalue weighted by Gasteiger charge is 2.17. The number of hydrogen-bond acceptors (Lipinski definition) is 3. The fraction of sp³-hybridized carbons (Fsp3) is 0.500. The predicted octanol–water partition coefficient (Wildman–Crippen LogP) is 1.92. The fourth-order valence-corrected chi connectivity index (χ4v) is 1.78. The summed E-state index contributed by atoms with van der Waals surface area (Å²) in [5.41, 5.74) is 7.80. The van der Waals surface area contributed by atoms with Crippen LogP contribution in [-0.4, -0.2) is 19.1 Å². The summed E-state index contributed by atoms with van der Waals surface area (Å²) in [6, 6.07) is 5.33. The van der Waals surface area contributed by atoms with Crippen LogP contribution >= 0.6 is 0 Å². The fourth-order valence-electron chi connectivity index (χ4n) is 1.78. The molecule has 3 N–H and O–H groups in total. The molecule has 0 aliphatic carbocycles. The van der Waals surface area contributed by atoms with Gasteiger partial charge in [-0.05, 0) is 26.3 Å². The minimum Gasteiger partial charge on any atom is -0.496 e. The van der Waals surface area contributed by atoms with Crippen molar-refractivity contribution in [2.45, 2.75) is 39.3 Å². The van der Waals surface area contributed by atoms with Gasteiger partial charge in [-0.15, -0.1) is 0 Å². The van der Waals surface area contributed by atoms with Gasteiger partial charge in [0.15, 0.2) is 0 Å². The van der Waals surface area contributed by atoms with Crippen LogP contribution in [0.5, 0.6) is 5.75 Å². The summed E-state index contributed by atoms with van der Waals surface area (Å²) in [7, 11) is 1.63. The lowest BCUT2D eigenvalue weighted by Gasteiger charge is -2.19. The minimum absolute atomic E-state index is 0.120. The van der Waals surface area contributed by atoms with Crippen molar-refractivity contribution in [1.29, 1.82) is 0 Å². The first-order chi connectivity index (χ1) is 8.49. The average Bonchev–Trinajstić information content (AvgIpc) is 2.37. The number of nitrogens with one attached hydrogen (secondary N) is 1. The van der Waals surface area contributed by atoms with Gasteiger partial charge in [-0.2, -0.15) is 0 Å². The Bertz CT molecular complexity index is 418. The van der Waals surface area contributed by atoms with Crippen molar-refractivity contribution >= 4 is 5.91 Å². The van der Waals surface area contributed by atoms with Gasteiger partial charge in [0.2, 0.25) is 5.91 Å². The van der Waals surface area contributed by atoms with Gasteiger partial charge in [0.1, 0.15) is 5.75 Å². The largest absolute Gasteiger partial charge is 0.496 e. The van der Waals surface area contributed by atoms with Crippen LogP contribution in [0.4, 0.5) is 0 Å². The number of hydrogen-bond donors (Lipinski definition) is 2. The lowest BCUT2D eigenvalue weighted by molar-refractivity contribution is -0.123. The molecule has 1 unspecified atom stereocenters. The molecule has 0 aliphatic heterocycles. The topological polar surface area (TPSA) is 64.4 Å². The van der Waals surface area contributed by atoms with Gasteiger partial charge in [-0.1, -0.05) is 24.6 Å². The number of benzene rings is 1. The van der Waals surface area contributed by atoms with E-state index in [0.29, 0.717) is 6.42 Å². The number of rotatable bonds is 5. The van der Waals surface area contributed by atoms with E-state index in [4.69, 9.17) is 10.5 Å². The van der Waals surface area contributed by atoms with Gasteiger partial charge in [0.05, 0.1) is 19.2 Å². The number of amides is 1. The summed E-state index contributed by atoms with van der Waals surface area (Å²) in [4.78, 5) is 11.8. The molecule has 1 rings (SSSR count). The molecule has 0 heterocycles. The Kier molecular flexibility index (Phi) is 5.16. The van der Waals surface area contributed by atoms with Crippen molar-refractivity contribution < 1.29 is 9.53 Å². The number of carbonyl (C=O) groups is 1. The molecule has 2 atom stereocenters. The van der Waals surface area contributed by atoms with Gasteiger partial charge < -0.3 is 15.8 Å². The summed E-state index contributed by atoms with van der Waals surface area (Å²) in [5, 5.41) is 2.90. The Hall–Kier alpha value is -1.55. The molecular formula is C14H22N2O2. The van der Waals surface area contributed by atoms with E-state index in [-0.39, 0.29) is 11.9 Å². The van der Waals surface area contributed by atoms with Crippen molar-refractivity contribution in [1.82, 2.24) is 5.32 Å². The second-order valence-electron chi connectivity index (χ2n) is 4.49. The van der Waals surface area contributed by atoms with Gasteiger partial charge in [0, 0.05) is 5.56 Å². The van der Waals surface area contributed by atoms with E-state index in [1.165, 1.54) is 0 Å². The van der Waals surface area contributed by atoms with Gasteiger partial charge in [-0.25, -0.2) is 0 Å². The van der Waals surface area contributed by atoms with Crippen molar-refractivity contribution in [3.05, 3.63) is 29.3 Å². The average molecular weight is 250 g/mol. The molecule has 1 aromatic rings. The van der Waals surface area contributed by atoms with Crippen LogP contribution < -0.4 is 15.8 Å². The Labute approximate surface area is 109 Å². The van der Waals surface area contributed by atoms with E-state index in [0.717, 1.165) is 16.9 Å². The zero-order valence-corrected chi connectivity index (χ0v) is 11.5. The Morgan fingerprint density at radius 3 is 2.72 bits per heavy atom. The number of methoxy groups -OCH3 is 1. The first-order valence-electron chi connectivity index (χ1n) is 6.20. The van der Waals surface area contributed by atoms with Crippen molar-refractivity contribution in [2.75, 3.05) is 7.11 Å². The standard InChI is InChI=1S/C14H22N2O2/c1-5-12(15)14(17)16-10(3)11-8-9(2)6-7-13(11)18-4/h6-8,10,12H,5,15H2,1-4H3,(H,16,17)/t10?,12-/m0/s1. The van der Waals surface area contributed by atoms with Gasteiger partial charge >= 0.3 is 0 Å². The third-order valence-electron chi connectivity index (χ3n) is 2.99. The zero-order valence-electron chi connectivity index (χ0n) is 11.5. The quantitative estimate of drug-likeness (QED) is 0.839. The van der Waals surface area contributed by atoms with Crippen molar-refractivity contribution in [3.63, 3.8) is 0 Å². The monoisotopic (exact) mass is 250 g/mol. The van der Waals surface area contributed by atoms with Crippen LogP contribution in [0.25, 0.3) is 0 Å². The normalized spacial score (nSPS) is 13.8. The number of nitrogens with two attached hydrogens (primary N) is 1. The molecule has 0 spiro atoms. The second-order valence-corrected chi connectivity index (χ2v) is 4.49. The zero-order chi connectivity index (χ0) is 13.7. The molecular weight excluding hydrogens is 228 g/mol. The maximum atomic E-state index is 11.8. The molecule has 18 heavy (non-hydrogen) atoms. The van der Waals surface area contributed by atoms with Gasteiger partial charge in [0.25, 0.3) is 0 Å². The third-order valence-corrected chi connectivity index (χ3v) is 2.99. The number of aryl methyl sites for hydroxylation is 1. The molecule has 1 aromatic carbocycles. The molecule has 100 valence electrons. The molecule has 0 radical (unpaired) electrons. The minimum atomic E-state index is -0.455. The van der Waals surface area contributed by atoms with Crippen LogP contribution in [0.15, 0.2) is 18.2 Å². The molecule has 0 saturated carbocycles. The molecule has 0 bridgehead atoms. The predicted molar refractivity (Wildman–Crippen MR) is 72.6 cm³/mol. The van der Waals surface area contributed by atoms with E-state index >= 15 is 0 Å². The van der Waals surface area contributed by atoms with Crippen molar-refractivity contribution in [2.24, 2.45) is 5.73 Å². The number of ether oxygens (including phenoxy) is 1. The molecule has 0 aliphatic rings. The summed E-state index contributed by atoms with van der Waals surface area (Å²) < 4.78 is 5.31. The summed E-state index contributed by atoms with van der Waals surface area (Å²) in [6.07, 6.45) is 0.628. The van der Waals surface area contributed by atoms with Crippen molar-refractivity contribution in [3.8, 4) is 5.75 Å². The first kappa shape index (κ1) is 14.5. The lowest BCUT2D eigenvalue weighted by atomic mass is 10.0. The molecule has 0 fully saturated rings. The lowest BCUT2D eigenvalue weighted by Crippen LogP contribution is -2.41. The SMILES string of the molecule is CC[C@H](N)C(=O)NC(C)c1cc(C)ccc1OC.